The van der Waals surface area contributed by atoms with Crippen LogP contribution in [-0.2, 0) is 11.3 Å². The standard InChI is InChI=1S/C22H22FN5O2S/c1-22(2)19(29)27(20(30)24-22)12-13-31-21-26-25-18(16-10-6-7-11-17(16)23)28(21)14-15-8-4-3-5-9-15/h3-11H,12-14H2,1-2H3,(H,24,30). The Morgan fingerprint density at radius 2 is 1.74 bits per heavy atom. The first-order chi connectivity index (χ1) is 14.9. The fraction of sp³-hybridized carbons (Fsp3) is 0.273. The number of aromatic nitrogens is 3. The van der Waals surface area contributed by atoms with Gasteiger partial charge in [0.15, 0.2) is 11.0 Å². The van der Waals surface area contributed by atoms with Gasteiger partial charge in [0.05, 0.1) is 12.1 Å². The van der Waals surface area contributed by atoms with E-state index in [1.165, 1.54) is 22.7 Å². The van der Waals surface area contributed by atoms with Crippen LogP contribution in [0.3, 0.4) is 0 Å². The minimum atomic E-state index is -0.896. The molecule has 31 heavy (non-hydrogen) atoms. The molecule has 1 saturated heterocycles. The van der Waals surface area contributed by atoms with Gasteiger partial charge in [0, 0.05) is 12.3 Å². The molecule has 3 aromatic rings. The lowest BCUT2D eigenvalue weighted by Crippen LogP contribution is -2.40. The molecule has 2 heterocycles. The number of benzene rings is 2. The number of halogens is 1. The van der Waals surface area contributed by atoms with Crippen molar-refractivity contribution in [3.05, 3.63) is 66.0 Å². The number of hydrogen-bond acceptors (Lipinski definition) is 5. The lowest BCUT2D eigenvalue weighted by atomic mass is 10.1. The zero-order valence-corrected chi connectivity index (χ0v) is 18.0. The summed E-state index contributed by atoms with van der Waals surface area (Å²) in [6, 6.07) is 15.8. The molecule has 3 amide bonds. The van der Waals surface area contributed by atoms with Crippen LogP contribution in [0.5, 0.6) is 0 Å². The minimum Gasteiger partial charge on any atom is -0.324 e. The van der Waals surface area contributed by atoms with Crippen molar-refractivity contribution in [2.75, 3.05) is 12.3 Å². The van der Waals surface area contributed by atoms with Gasteiger partial charge in [0.25, 0.3) is 5.91 Å². The van der Waals surface area contributed by atoms with Crippen molar-refractivity contribution in [2.24, 2.45) is 0 Å². The summed E-state index contributed by atoms with van der Waals surface area (Å²) in [5.41, 5.74) is 0.499. The molecular formula is C22H22FN5O2S. The van der Waals surface area contributed by atoms with Gasteiger partial charge in [0.2, 0.25) is 0 Å². The van der Waals surface area contributed by atoms with Gasteiger partial charge in [-0.1, -0.05) is 54.2 Å². The number of thioether (sulfide) groups is 1. The van der Waals surface area contributed by atoms with Gasteiger partial charge in [-0.2, -0.15) is 0 Å². The molecule has 4 rings (SSSR count). The third kappa shape index (κ3) is 4.32. The highest BCUT2D eigenvalue weighted by Gasteiger charge is 2.43. The van der Waals surface area contributed by atoms with Crippen LogP contribution in [0, 0.1) is 5.82 Å². The van der Waals surface area contributed by atoms with Crippen molar-refractivity contribution in [3.63, 3.8) is 0 Å². The van der Waals surface area contributed by atoms with Crippen LogP contribution in [0.25, 0.3) is 11.4 Å². The van der Waals surface area contributed by atoms with Crippen LogP contribution >= 0.6 is 11.8 Å². The largest absolute Gasteiger partial charge is 0.325 e. The second kappa shape index (κ2) is 8.50. The van der Waals surface area contributed by atoms with E-state index < -0.39 is 11.6 Å². The van der Waals surface area contributed by atoms with Gasteiger partial charge in [0.1, 0.15) is 11.4 Å². The normalized spacial score (nSPS) is 15.4. The van der Waals surface area contributed by atoms with Gasteiger partial charge in [-0.15, -0.1) is 10.2 Å². The topological polar surface area (TPSA) is 80.1 Å². The van der Waals surface area contributed by atoms with E-state index in [-0.39, 0.29) is 18.3 Å². The van der Waals surface area contributed by atoms with Gasteiger partial charge >= 0.3 is 6.03 Å². The van der Waals surface area contributed by atoms with Crippen molar-refractivity contribution in [2.45, 2.75) is 31.1 Å². The average molecular weight is 440 g/mol. The van der Waals surface area contributed by atoms with Gasteiger partial charge in [-0.05, 0) is 31.5 Å². The summed E-state index contributed by atoms with van der Waals surface area (Å²) < 4.78 is 16.3. The smallest absolute Gasteiger partial charge is 0.324 e. The molecule has 0 radical (unpaired) electrons. The van der Waals surface area contributed by atoms with E-state index in [1.54, 1.807) is 32.0 Å². The lowest BCUT2D eigenvalue weighted by Gasteiger charge is -2.16. The van der Waals surface area contributed by atoms with Crippen molar-refractivity contribution in [3.8, 4) is 11.4 Å². The third-order valence-corrected chi connectivity index (χ3v) is 5.95. The zero-order valence-electron chi connectivity index (χ0n) is 17.2. The van der Waals surface area contributed by atoms with E-state index in [9.17, 15) is 14.0 Å². The quantitative estimate of drug-likeness (QED) is 0.450. The van der Waals surface area contributed by atoms with E-state index in [2.05, 4.69) is 15.5 Å². The third-order valence-electron chi connectivity index (χ3n) is 5.01. The Balaban J connectivity index is 1.57. The van der Waals surface area contributed by atoms with Crippen molar-refractivity contribution >= 4 is 23.7 Å². The van der Waals surface area contributed by atoms with E-state index >= 15 is 0 Å². The van der Waals surface area contributed by atoms with Crippen molar-refractivity contribution in [1.29, 1.82) is 0 Å². The highest BCUT2D eigenvalue weighted by Crippen LogP contribution is 2.27. The fourth-order valence-corrected chi connectivity index (χ4v) is 4.26. The molecule has 0 unspecified atom stereocenters. The van der Waals surface area contributed by atoms with Crippen LogP contribution in [0.1, 0.15) is 19.4 Å². The highest BCUT2D eigenvalue weighted by molar-refractivity contribution is 7.99. The Morgan fingerprint density at radius 1 is 1.03 bits per heavy atom. The van der Waals surface area contributed by atoms with Crippen molar-refractivity contribution < 1.29 is 14.0 Å². The molecule has 2 aromatic carbocycles. The van der Waals surface area contributed by atoms with Gasteiger partial charge < -0.3 is 5.32 Å². The first kappa shape index (κ1) is 21.0. The summed E-state index contributed by atoms with van der Waals surface area (Å²) >= 11 is 1.37. The van der Waals surface area contributed by atoms with Crippen LogP contribution in [-0.4, -0.2) is 49.4 Å². The first-order valence-electron chi connectivity index (χ1n) is 9.86. The average Bonchev–Trinajstić information content (AvgIpc) is 3.21. The number of rotatable bonds is 7. The number of hydrogen-bond donors (Lipinski definition) is 1. The molecule has 1 N–H and O–H groups in total. The molecule has 1 aliphatic heterocycles. The van der Waals surface area contributed by atoms with Crippen LogP contribution in [0.2, 0.25) is 0 Å². The molecule has 0 aliphatic carbocycles. The maximum absolute atomic E-state index is 14.4. The summed E-state index contributed by atoms with van der Waals surface area (Å²) in [6.45, 7) is 4.07. The SMILES string of the molecule is CC1(C)NC(=O)N(CCSc2nnc(-c3ccccc3F)n2Cc2ccccc2)C1=O. The Bertz CT molecular complexity index is 1120. The molecule has 0 spiro atoms. The minimum absolute atomic E-state index is 0.242. The molecule has 0 saturated carbocycles. The van der Waals surface area contributed by atoms with Crippen LogP contribution in [0.4, 0.5) is 9.18 Å². The number of carbonyl (C=O) groups excluding carboxylic acids is 2. The van der Waals surface area contributed by atoms with Crippen LogP contribution < -0.4 is 5.32 Å². The second-order valence-electron chi connectivity index (χ2n) is 7.72. The maximum Gasteiger partial charge on any atom is 0.325 e. The second-order valence-corrected chi connectivity index (χ2v) is 8.78. The highest BCUT2D eigenvalue weighted by atomic mass is 32.2. The molecule has 0 atom stereocenters. The Kier molecular flexibility index (Phi) is 5.77. The summed E-state index contributed by atoms with van der Waals surface area (Å²) in [5.74, 6) is 0.248. The molecule has 0 bridgehead atoms. The summed E-state index contributed by atoms with van der Waals surface area (Å²) in [6.07, 6.45) is 0. The lowest BCUT2D eigenvalue weighted by molar-refractivity contribution is -0.130. The Morgan fingerprint density at radius 3 is 2.42 bits per heavy atom. The van der Waals surface area contributed by atoms with Gasteiger partial charge in [-0.3, -0.25) is 14.3 Å². The Hall–Kier alpha value is -3.20. The number of nitrogens with one attached hydrogen (secondary N) is 1. The number of nitrogens with zero attached hydrogens (tertiary/aromatic N) is 4. The number of imide groups is 1. The van der Waals surface area contributed by atoms with E-state index in [4.69, 9.17) is 0 Å². The monoisotopic (exact) mass is 439 g/mol. The fourth-order valence-electron chi connectivity index (χ4n) is 3.40. The summed E-state index contributed by atoms with van der Waals surface area (Å²) in [5, 5.41) is 11.8. The molecule has 1 fully saturated rings. The van der Waals surface area contributed by atoms with Crippen molar-refractivity contribution in [1.82, 2.24) is 25.0 Å². The number of amides is 3. The maximum atomic E-state index is 14.4. The molecule has 1 aromatic heterocycles. The summed E-state index contributed by atoms with van der Waals surface area (Å²) in [7, 11) is 0. The number of urea groups is 1. The number of carbonyl (C=O) groups is 2. The molecule has 1 aliphatic rings. The van der Waals surface area contributed by atoms with E-state index in [0.29, 0.717) is 28.8 Å². The summed E-state index contributed by atoms with van der Waals surface area (Å²) in [4.78, 5) is 25.7. The van der Waals surface area contributed by atoms with E-state index in [1.807, 2.05) is 34.9 Å². The molecule has 160 valence electrons. The van der Waals surface area contributed by atoms with E-state index in [0.717, 1.165) is 5.56 Å². The molecule has 7 nitrogen and oxygen atoms in total. The Labute approximate surface area is 183 Å². The predicted octanol–water partition coefficient (Wildman–Crippen LogP) is 3.56. The molecular weight excluding hydrogens is 417 g/mol. The van der Waals surface area contributed by atoms with Gasteiger partial charge in [-0.25, -0.2) is 9.18 Å². The van der Waals surface area contributed by atoms with Crippen LogP contribution in [0.15, 0.2) is 59.8 Å². The predicted molar refractivity (Wildman–Crippen MR) is 116 cm³/mol. The zero-order chi connectivity index (χ0) is 22.0. The molecule has 9 heteroatoms. The first-order valence-corrected chi connectivity index (χ1v) is 10.8.